The summed E-state index contributed by atoms with van der Waals surface area (Å²) in [6.45, 7) is 0. The first-order valence-electron chi connectivity index (χ1n) is 6.44. The lowest BCUT2D eigenvalue weighted by Gasteiger charge is -2.28. The summed E-state index contributed by atoms with van der Waals surface area (Å²) >= 11 is 3.38. The number of carbonyl (C=O) groups excluding carboxylic acids is 1. The van der Waals surface area contributed by atoms with Gasteiger partial charge in [0.15, 0.2) is 0 Å². The number of nitrogens with zero attached hydrogens (tertiary/aromatic N) is 1. The van der Waals surface area contributed by atoms with Gasteiger partial charge in [0, 0.05) is 19.3 Å². The monoisotopic (exact) mass is 344 g/mol. The van der Waals surface area contributed by atoms with Gasteiger partial charge in [-0.25, -0.2) is 4.79 Å². The molecular weight excluding hydrogens is 328 g/mol. The minimum atomic E-state index is -0.733. The predicted octanol–water partition coefficient (Wildman–Crippen LogP) is 1.93. The molecule has 0 unspecified atom stereocenters. The van der Waals surface area contributed by atoms with Crippen LogP contribution in [0.2, 0.25) is 0 Å². The Kier molecular flexibility index (Phi) is 4.69. The number of aromatic nitrogens is 1. The van der Waals surface area contributed by atoms with Crippen LogP contribution in [0, 0.1) is 0 Å². The van der Waals surface area contributed by atoms with Gasteiger partial charge in [-0.1, -0.05) is 0 Å². The summed E-state index contributed by atoms with van der Waals surface area (Å²) in [5.41, 5.74) is 4.88. The van der Waals surface area contributed by atoms with E-state index in [9.17, 15) is 9.59 Å². The van der Waals surface area contributed by atoms with E-state index in [1.165, 1.54) is 10.6 Å². The standard InChI is InChI=1S/C13H17BrN2O4/c1-16-7-10(14)11(6-12(16)17)19-8-2-4-9(5-3-8)20-13(15)18/h6-9H,2-5H2,1H3,(H2,15,18). The largest absolute Gasteiger partial charge is 0.489 e. The van der Waals surface area contributed by atoms with E-state index in [4.69, 9.17) is 15.2 Å². The SMILES string of the molecule is Cn1cc(Br)c(OC2CCC(OC(N)=O)CC2)cc1=O. The van der Waals surface area contributed by atoms with Gasteiger partial charge in [-0.3, -0.25) is 4.79 Å². The van der Waals surface area contributed by atoms with Crippen molar-refractivity contribution in [1.82, 2.24) is 4.57 Å². The third kappa shape index (κ3) is 3.75. The molecule has 20 heavy (non-hydrogen) atoms. The number of nitrogens with two attached hydrogens (primary N) is 1. The average molecular weight is 345 g/mol. The van der Waals surface area contributed by atoms with E-state index in [0.29, 0.717) is 5.75 Å². The molecule has 2 rings (SSSR count). The van der Waals surface area contributed by atoms with E-state index in [1.807, 2.05) is 0 Å². The highest BCUT2D eigenvalue weighted by Gasteiger charge is 2.25. The molecule has 7 heteroatoms. The predicted molar refractivity (Wildman–Crippen MR) is 76.7 cm³/mol. The lowest BCUT2D eigenvalue weighted by atomic mass is 9.95. The fourth-order valence-corrected chi connectivity index (χ4v) is 2.80. The zero-order chi connectivity index (χ0) is 14.7. The number of hydrogen-bond acceptors (Lipinski definition) is 4. The lowest BCUT2D eigenvalue weighted by molar-refractivity contribution is 0.0466. The molecule has 0 aromatic carbocycles. The summed E-state index contributed by atoms with van der Waals surface area (Å²) in [4.78, 5) is 22.3. The molecule has 1 saturated carbocycles. The van der Waals surface area contributed by atoms with Gasteiger partial charge in [0.2, 0.25) is 0 Å². The molecule has 2 N–H and O–H groups in total. The van der Waals surface area contributed by atoms with Gasteiger partial charge in [0.25, 0.3) is 5.56 Å². The number of ether oxygens (including phenoxy) is 2. The van der Waals surface area contributed by atoms with Crippen LogP contribution in [-0.4, -0.2) is 22.9 Å². The zero-order valence-corrected chi connectivity index (χ0v) is 12.8. The van der Waals surface area contributed by atoms with Crippen molar-refractivity contribution in [3.05, 3.63) is 27.1 Å². The van der Waals surface area contributed by atoms with Crippen molar-refractivity contribution in [3.63, 3.8) is 0 Å². The van der Waals surface area contributed by atoms with Crippen molar-refractivity contribution in [3.8, 4) is 5.75 Å². The zero-order valence-electron chi connectivity index (χ0n) is 11.2. The molecule has 1 aliphatic rings. The van der Waals surface area contributed by atoms with Crippen molar-refractivity contribution < 1.29 is 14.3 Å². The van der Waals surface area contributed by atoms with E-state index in [-0.39, 0.29) is 17.8 Å². The Morgan fingerprint density at radius 2 is 1.95 bits per heavy atom. The van der Waals surface area contributed by atoms with Crippen LogP contribution in [0.25, 0.3) is 0 Å². The second-order valence-corrected chi connectivity index (χ2v) is 5.74. The maximum Gasteiger partial charge on any atom is 0.404 e. The summed E-state index contributed by atoms with van der Waals surface area (Å²) in [5, 5.41) is 0. The van der Waals surface area contributed by atoms with Crippen molar-refractivity contribution in [2.75, 3.05) is 0 Å². The summed E-state index contributed by atoms with van der Waals surface area (Å²) < 4.78 is 13.0. The smallest absolute Gasteiger partial charge is 0.404 e. The second kappa shape index (κ2) is 6.30. The lowest BCUT2D eigenvalue weighted by Crippen LogP contribution is -2.31. The van der Waals surface area contributed by atoms with Crippen LogP contribution in [0.15, 0.2) is 21.5 Å². The third-order valence-electron chi connectivity index (χ3n) is 3.34. The molecule has 0 bridgehead atoms. The Balaban J connectivity index is 1.94. The fraction of sp³-hybridized carbons (Fsp3) is 0.538. The highest BCUT2D eigenvalue weighted by Crippen LogP contribution is 2.28. The minimum absolute atomic E-state index is 0.0196. The van der Waals surface area contributed by atoms with Crippen LogP contribution >= 0.6 is 15.9 Å². The second-order valence-electron chi connectivity index (χ2n) is 4.89. The van der Waals surface area contributed by atoms with Crippen LogP contribution in [0.4, 0.5) is 4.79 Å². The van der Waals surface area contributed by atoms with Crippen LogP contribution in [0.1, 0.15) is 25.7 Å². The Labute approximate surface area is 125 Å². The molecule has 0 aliphatic heterocycles. The summed E-state index contributed by atoms with van der Waals surface area (Å²) in [5.74, 6) is 0.548. The maximum absolute atomic E-state index is 11.6. The van der Waals surface area contributed by atoms with Gasteiger partial charge in [0.05, 0.1) is 10.6 Å². The van der Waals surface area contributed by atoms with Gasteiger partial charge in [0.1, 0.15) is 11.9 Å². The van der Waals surface area contributed by atoms with Gasteiger partial charge in [-0.15, -0.1) is 0 Å². The van der Waals surface area contributed by atoms with E-state index in [1.54, 1.807) is 13.2 Å². The van der Waals surface area contributed by atoms with Crippen LogP contribution in [0.5, 0.6) is 5.75 Å². The summed E-state index contributed by atoms with van der Waals surface area (Å²) in [7, 11) is 1.68. The highest BCUT2D eigenvalue weighted by molar-refractivity contribution is 9.10. The fourth-order valence-electron chi connectivity index (χ4n) is 2.28. The van der Waals surface area contributed by atoms with Crippen LogP contribution in [-0.2, 0) is 11.8 Å². The summed E-state index contributed by atoms with van der Waals surface area (Å²) in [6, 6.07) is 1.47. The maximum atomic E-state index is 11.6. The molecule has 1 aromatic rings. The van der Waals surface area contributed by atoms with E-state index in [0.717, 1.165) is 30.2 Å². The molecule has 1 aliphatic carbocycles. The van der Waals surface area contributed by atoms with Crippen molar-refractivity contribution in [1.29, 1.82) is 0 Å². The number of carbonyl (C=O) groups is 1. The molecule has 6 nitrogen and oxygen atoms in total. The molecule has 1 aromatic heterocycles. The molecule has 0 spiro atoms. The minimum Gasteiger partial charge on any atom is -0.489 e. The Morgan fingerprint density at radius 3 is 2.55 bits per heavy atom. The normalized spacial score (nSPS) is 22.3. The number of hydrogen-bond donors (Lipinski definition) is 1. The molecule has 1 fully saturated rings. The number of primary amides is 1. The van der Waals surface area contributed by atoms with Gasteiger partial charge in [-0.05, 0) is 41.6 Å². The van der Waals surface area contributed by atoms with Gasteiger partial charge >= 0.3 is 6.09 Å². The highest BCUT2D eigenvalue weighted by atomic mass is 79.9. The van der Waals surface area contributed by atoms with Crippen molar-refractivity contribution in [2.45, 2.75) is 37.9 Å². The molecule has 1 heterocycles. The Bertz CT molecular complexity index is 550. The van der Waals surface area contributed by atoms with Crippen LogP contribution in [0.3, 0.4) is 0 Å². The van der Waals surface area contributed by atoms with E-state index < -0.39 is 6.09 Å². The third-order valence-corrected chi connectivity index (χ3v) is 3.94. The van der Waals surface area contributed by atoms with E-state index >= 15 is 0 Å². The number of rotatable bonds is 3. The quantitative estimate of drug-likeness (QED) is 0.907. The first kappa shape index (κ1) is 14.9. The number of halogens is 1. The molecule has 110 valence electrons. The van der Waals surface area contributed by atoms with Crippen LogP contribution < -0.4 is 16.0 Å². The first-order valence-corrected chi connectivity index (χ1v) is 7.24. The Morgan fingerprint density at radius 1 is 1.35 bits per heavy atom. The van der Waals surface area contributed by atoms with Crippen molar-refractivity contribution in [2.24, 2.45) is 12.8 Å². The van der Waals surface area contributed by atoms with Crippen molar-refractivity contribution >= 4 is 22.0 Å². The molecule has 1 amide bonds. The number of amides is 1. The molecule has 0 saturated heterocycles. The number of pyridine rings is 1. The Hall–Kier alpha value is -1.50. The first-order chi connectivity index (χ1) is 9.45. The van der Waals surface area contributed by atoms with Gasteiger partial charge in [-0.2, -0.15) is 0 Å². The summed E-state index contributed by atoms with van der Waals surface area (Å²) in [6.07, 6.45) is 3.81. The topological polar surface area (TPSA) is 83.5 Å². The number of aryl methyl sites for hydroxylation is 1. The average Bonchev–Trinajstić information content (AvgIpc) is 2.37. The molecule has 0 atom stereocenters. The van der Waals surface area contributed by atoms with Gasteiger partial charge < -0.3 is 19.8 Å². The molecular formula is C13H17BrN2O4. The molecule has 0 radical (unpaired) electrons. The van der Waals surface area contributed by atoms with E-state index in [2.05, 4.69) is 15.9 Å².